The number of hydrazine groups is 1. The summed E-state index contributed by atoms with van der Waals surface area (Å²) in [5.41, 5.74) is 2.52. The first-order chi connectivity index (χ1) is 16.4. The first kappa shape index (κ1) is 22.6. The Morgan fingerprint density at radius 3 is 1.91 bits per heavy atom. The maximum absolute atomic E-state index is 13.5. The van der Waals surface area contributed by atoms with E-state index < -0.39 is 23.1 Å². The van der Waals surface area contributed by atoms with E-state index in [-0.39, 0.29) is 5.91 Å². The molecule has 0 saturated carbocycles. The third-order valence-corrected chi connectivity index (χ3v) is 8.83. The van der Waals surface area contributed by atoms with Crippen molar-refractivity contribution in [2.75, 3.05) is 12.3 Å². The molecule has 4 amide bonds. The Hall–Kier alpha value is -3.21. The molecule has 0 unspecified atom stereocenters. The van der Waals surface area contributed by atoms with Gasteiger partial charge in [0.05, 0.1) is 9.75 Å². The first-order valence-corrected chi connectivity index (χ1v) is 13.2. The van der Waals surface area contributed by atoms with Crippen molar-refractivity contribution < 1.29 is 19.2 Å². The van der Waals surface area contributed by atoms with Gasteiger partial charge in [-0.25, -0.2) is 0 Å². The molecule has 172 valence electrons. The average Bonchev–Trinajstić information content (AvgIpc) is 3.58. The fourth-order valence-corrected chi connectivity index (χ4v) is 6.91. The SMILES string of the molecule is CC(=O)N1CCS[C@@H]1C(=O)NN(C(=O)c1cc2ccccc2s1)C(=O)c1cc2ccccc2s1. The second-order valence-electron chi connectivity index (χ2n) is 7.65. The van der Waals surface area contributed by atoms with Gasteiger partial charge < -0.3 is 4.90 Å². The largest absolute Gasteiger partial charge is 0.321 e. The van der Waals surface area contributed by atoms with E-state index in [9.17, 15) is 19.2 Å². The van der Waals surface area contributed by atoms with Crippen molar-refractivity contribution >= 4 is 78.2 Å². The summed E-state index contributed by atoms with van der Waals surface area (Å²) in [6.07, 6.45) is 0. The quantitative estimate of drug-likeness (QED) is 0.328. The summed E-state index contributed by atoms with van der Waals surface area (Å²) in [6, 6.07) is 18.5. The normalized spacial score (nSPS) is 15.6. The molecule has 1 atom stereocenters. The topological polar surface area (TPSA) is 86.8 Å². The molecule has 0 aliphatic carbocycles. The molecule has 1 aliphatic heterocycles. The highest BCUT2D eigenvalue weighted by Gasteiger charge is 2.37. The highest BCUT2D eigenvalue weighted by molar-refractivity contribution is 8.00. The first-order valence-electron chi connectivity index (χ1n) is 10.5. The van der Waals surface area contributed by atoms with Crippen molar-refractivity contribution in [1.82, 2.24) is 15.3 Å². The number of benzene rings is 2. The molecule has 10 heteroatoms. The van der Waals surface area contributed by atoms with Crippen LogP contribution in [0.3, 0.4) is 0 Å². The van der Waals surface area contributed by atoms with E-state index in [0.29, 0.717) is 22.1 Å². The van der Waals surface area contributed by atoms with Crippen LogP contribution >= 0.6 is 34.4 Å². The number of thiophene rings is 2. The molecule has 1 aliphatic rings. The van der Waals surface area contributed by atoms with Crippen LogP contribution in [0.1, 0.15) is 26.3 Å². The summed E-state index contributed by atoms with van der Waals surface area (Å²) in [5, 5.41) is 1.75. The van der Waals surface area contributed by atoms with E-state index in [1.54, 1.807) is 12.1 Å². The standard InChI is InChI=1S/C24H19N3O4S3/c1-14(28)26-10-11-32-24(26)21(29)25-27(22(30)19-12-15-6-2-4-8-17(15)33-19)23(31)20-13-16-7-3-5-9-18(16)34-20/h2-9,12-13,24H,10-11H2,1H3,(H,25,29)/t24-/m1/s1. The number of carbonyl (C=O) groups excluding carboxylic acids is 4. The smallest absolute Gasteiger partial charge is 0.289 e. The monoisotopic (exact) mass is 509 g/mol. The Bertz CT molecular complexity index is 1290. The highest BCUT2D eigenvalue weighted by Crippen LogP contribution is 2.30. The lowest BCUT2D eigenvalue weighted by Gasteiger charge is -2.25. The maximum Gasteiger partial charge on any atom is 0.289 e. The minimum atomic E-state index is -0.801. The molecule has 0 radical (unpaired) electrons. The van der Waals surface area contributed by atoms with Crippen molar-refractivity contribution in [3.05, 3.63) is 70.4 Å². The zero-order chi connectivity index (χ0) is 23.8. The molecule has 7 nitrogen and oxygen atoms in total. The third kappa shape index (κ3) is 4.20. The second-order valence-corrected chi connectivity index (χ2v) is 11.0. The highest BCUT2D eigenvalue weighted by atomic mass is 32.2. The average molecular weight is 510 g/mol. The predicted molar refractivity (Wildman–Crippen MR) is 136 cm³/mol. The Morgan fingerprint density at radius 2 is 1.41 bits per heavy atom. The van der Waals surface area contributed by atoms with Crippen molar-refractivity contribution in [3.8, 4) is 0 Å². The van der Waals surface area contributed by atoms with Crippen LogP contribution in [0.25, 0.3) is 20.2 Å². The summed E-state index contributed by atoms with van der Waals surface area (Å²) >= 11 is 3.81. The molecule has 2 aromatic heterocycles. The van der Waals surface area contributed by atoms with Gasteiger partial charge in [-0.05, 0) is 35.0 Å². The molecule has 2 aromatic carbocycles. The summed E-state index contributed by atoms with van der Waals surface area (Å²) in [7, 11) is 0. The fourth-order valence-electron chi connectivity index (χ4n) is 3.76. The molecule has 1 N–H and O–H groups in total. The fraction of sp³-hybridized carbons (Fsp3) is 0.167. The van der Waals surface area contributed by atoms with Gasteiger partial charge in [0.2, 0.25) is 5.91 Å². The Morgan fingerprint density at radius 1 is 0.882 bits per heavy atom. The molecule has 0 spiro atoms. The maximum atomic E-state index is 13.5. The van der Waals surface area contributed by atoms with Gasteiger partial charge in [-0.3, -0.25) is 24.6 Å². The molecular formula is C24H19N3O4S3. The molecular weight excluding hydrogens is 490 g/mol. The van der Waals surface area contributed by atoms with Crippen molar-refractivity contribution in [1.29, 1.82) is 0 Å². The zero-order valence-electron chi connectivity index (χ0n) is 18.0. The molecule has 34 heavy (non-hydrogen) atoms. The van der Waals surface area contributed by atoms with Gasteiger partial charge in [0, 0.05) is 28.6 Å². The number of hydrogen-bond donors (Lipinski definition) is 1. The second kappa shape index (κ2) is 9.21. The van der Waals surface area contributed by atoms with Crippen molar-refractivity contribution in [2.24, 2.45) is 0 Å². The van der Waals surface area contributed by atoms with Gasteiger partial charge >= 0.3 is 0 Å². The van der Waals surface area contributed by atoms with Gasteiger partial charge in [-0.2, -0.15) is 5.01 Å². The lowest BCUT2D eigenvalue weighted by atomic mass is 10.2. The summed E-state index contributed by atoms with van der Waals surface area (Å²) < 4.78 is 1.81. The van der Waals surface area contributed by atoms with Crippen LogP contribution in [-0.2, 0) is 9.59 Å². The Kier molecular flexibility index (Phi) is 6.11. The summed E-state index contributed by atoms with van der Waals surface area (Å²) in [4.78, 5) is 54.2. The number of hydrogen-bond acceptors (Lipinski definition) is 7. The Balaban J connectivity index is 1.50. The molecule has 3 heterocycles. The number of rotatable bonds is 3. The van der Waals surface area contributed by atoms with Crippen molar-refractivity contribution in [2.45, 2.75) is 12.3 Å². The van der Waals surface area contributed by atoms with Gasteiger partial charge in [0.1, 0.15) is 0 Å². The van der Waals surface area contributed by atoms with E-state index >= 15 is 0 Å². The van der Waals surface area contributed by atoms with E-state index in [2.05, 4.69) is 5.43 Å². The van der Waals surface area contributed by atoms with E-state index in [4.69, 9.17) is 0 Å². The number of thioether (sulfide) groups is 1. The third-order valence-electron chi connectivity index (χ3n) is 5.42. The van der Waals surface area contributed by atoms with Crippen LogP contribution in [0.15, 0.2) is 60.7 Å². The van der Waals surface area contributed by atoms with Gasteiger partial charge in [0.25, 0.3) is 17.7 Å². The van der Waals surface area contributed by atoms with Gasteiger partial charge in [-0.1, -0.05) is 36.4 Å². The van der Waals surface area contributed by atoms with E-state index in [1.165, 1.54) is 46.3 Å². The van der Waals surface area contributed by atoms with Crippen LogP contribution in [0.5, 0.6) is 0 Å². The van der Waals surface area contributed by atoms with Crippen LogP contribution in [-0.4, -0.2) is 51.2 Å². The number of nitrogens with zero attached hydrogens (tertiary/aromatic N) is 2. The summed E-state index contributed by atoms with van der Waals surface area (Å²) in [5.74, 6) is -1.44. The number of carbonyl (C=O) groups is 4. The van der Waals surface area contributed by atoms with Gasteiger partial charge in [0.15, 0.2) is 5.37 Å². The minimum absolute atomic E-state index is 0.233. The van der Waals surface area contributed by atoms with Crippen LogP contribution in [0, 0.1) is 0 Å². The molecule has 4 aromatic rings. The molecule has 1 fully saturated rings. The number of fused-ring (bicyclic) bond motifs is 2. The number of amides is 4. The van der Waals surface area contributed by atoms with Crippen LogP contribution < -0.4 is 5.43 Å². The summed E-state index contributed by atoms with van der Waals surface area (Å²) in [6.45, 7) is 1.83. The van der Waals surface area contributed by atoms with E-state index in [0.717, 1.165) is 25.2 Å². The lowest BCUT2D eigenvalue weighted by molar-refractivity contribution is -0.136. The minimum Gasteiger partial charge on any atom is -0.321 e. The Labute approximate surface area is 207 Å². The number of nitrogens with one attached hydrogen (secondary N) is 1. The molecule has 1 saturated heterocycles. The lowest BCUT2D eigenvalue weighted by Crippen LogP contribution is -2.54. The molecule has 5 rings (SSSR count). The van der Waals surface area contributed by atoms with Crippen molar-refractivity contribution in [3.63, 3.8) is 0 Å². The van der Waals surface area contributed by atoms with Crippen LogP contribution in [0.4, 0.5) is 0 Å². The number of imide groups is 1. The zero-order valence-corrected chi connectivity index (χ0v) is 20.5. The molecule has 0 bridgehead atoms. The van der Waals surface area contributed by atoms with E-state index in [1.807, 2.05) is 48.5 Å². The van der Waals surface area contributed by atoms with Crippen LogP contribution in [0.2, 0.25) is 0 Å². The predicted octanol–water partition coefficient (Wildman–Crippen LogP) is 4.35. The van der Waals surface area contributed by atoms with Gasteiger partial charge in [-0.15, -0.1) is 34.4 Å².